The molecule has 2 aromatic carbocycles. The molecule has 0 aliphatic rings. The van der Waals surface area contributed by atoms with Crippen LogP contribution in [0.15, 0.2) is 60.7 Å². The first-order chi connectivity index (χ1) is 15.8. The first-order valence-electron chi connectivity index (χ1n) is 10.3. The summed E-state index contributed by atoms with van der Waals surface area (Å²) in [6.45, 7) is 3.33. The summed E-state index contributed by atoms with van der Waals surface area (Å²) in [6.07, 6.45) is -0.487. The molecule has 0 aliphatic carbocycles. The third-order valence-electron chi connectivity index (χ3n) is 4.40. The molecule has 0 bridgehead atoms. The number of ketones is 1. The van der Waals surface area contributed by atoms with Gasteiger partial charge in [0, 0.05) is 23.9 Å². The largest absolute Gasteiger partial charge is 0.491 e. The van der Waals surface area contributed by atoms with E-state index < -0.39 is 24.3 Å². The van der Waals surface area contributed by atoms with Crippen LogP contribution in [0.1, 0.15) is 35.9 Å². The molecule has 0 heterocycles. The van der Waals surface area contributed by atoms with Gasteiger partial charge in [0.05, 0.1) is 6.61 Å². The molecule has 0 radical (unpaired) electrons. The van der Waals surface area contributed by atoms with E-state index in [2.05, 4.69) is 5.32 Å². The number of carbonyl (C=O) groups is 3. The summed E-state index contributed by atoms with van der Waals surface area (Å²) in [7, 11) is 0. The molecule has 0 fully saturated rings. The van der Waals surface area contributed by atoms with Gasteiger partial charge in [-0.2, -0.15) is 0 Å². The summed E-state index contributed by atoms with van der Waals surface area (Å²) in [4.78, 5) is 35.1. The lowest BCUT2D eigenvalue weighted by atomic mass is 10.0. The predicted molar refractivity (Wildman–Crippen MR) is 121 cm³/mol. The van der Waals surface area contributed by atoms with Crippen LogP contribution in [0.4, 0.5) is 10.5 Å². The van der Waals surface area contributed by atoms with Gasteiger partial charge in [-0.05, 0) is 61.9 Å². The molecule has 0 aromatic heterocycles. The highest BCUT2D eigenvalue weighted by Gasteiger charge is 2.27. The number of aliphatic hydroxyl groups is 1. The number of ether oxygens (including phenoxy) is 3. The molecular formula is C24H27NO8. The molecule has 9 heteroatoms. The van der Waals surface area contributed by atoms with Crippen LogP contribution in [0.5, 0.6) is 5.75 Å². The number of carboxylic acids is 1. The number of aliphatic carboxylic acids is 1. The summed E-state index contributed by atoms with van der Waals surface area (Å²) >= 11 is 0. The average Bonchev–Trinajstić information content (AvgIpc) is 2.79. The minimum Gasteiger partial charge on any atom is -0.491 e. The topological polar surface area (TPSA) is 131 Å². The van der Waals surface area contributed by atoms with Gasteiger partial charge in [-0.25, -0.2) is 9.59 Å². The summed E-state index contributed by atoms with van der Waals surface area (Å²) in [5, 5.41) is 20.6. The Morgan fingerprint density at radius 1 is 1.12 bits per heavy atom. The van der Waals surface area contributed by atoms with Crippen molar-refractivity contribution >= 4 is 23.5 Å². The smallest absolute Gasteiger partial charge is 0.412 e. The lowest BCUT2D eigenvalue weighted by Crippen LogP contribution is -2.28. The number of rotatable bonds is 12. The van der Waals surface area contributed by atoms with E-state index in [-0.39, 0.29) is 25.6 Å². The van der Waals surface area contributed by atoms with E-state index in [9.17, 15) is 14.4 Å². The Balaban J connectivity index is 2.29. The normalized spacial score (nSPS) is 12.7. The zero-order valence-corrected chi connectivity index (χ0v) is 18.4. The van der Waals surface area contributed by atoms with Crippen molar-refractivity contribution in [1.82, 2.24) is 0 Å². The number of Topliss-reactive ketones (excluding diaryl/α,β-unsaturated/α-hetero) is 1. The lowest BCUT2D eigenvalue weighted by molar-refractivity contribution is -0.131. The van der Waals surface area contributed by atoms with Crippen molar-refractivity contribution < 1.29 is 38.8 Å². The van der Waals surface area contributed by atoms with E-state index in [1.54, 1.807) is 55.5 Å². The molecule has 0 unspecified atom stereocenters. The third kappa shape index (κ3) is 8.40. The van der Waals surface area contributed by atoms with Gasteiger partial charge >= 0.3 is 12.1 Å². The van der Waals surface area contributed by atoms with Crippen molar-refractivity contribution in [1.29, 1.82) is 0 Å². The second-order valence-electron chi connectivity index (χ2n) is 6.85. The molecule has 0 saturated carbocycles. The molecule has 2 aromatic rings. The highest BCUT2D eigenvalue weighted by molar-refractivity contribution is 5.95. The Bertz CT molecular complexity index is 971. The van der Waals surface area contributed by atoms with E-state index in [4.69, 9.17) is 24.4 Å². The maximum Gasteiger partial charge on any atom is 0.412 e. The van der Waals surface area contributed by atoms with Gasteiger partial charge in [0.2, 0.25) is 0 Å². The zero-order valence-electron chi connectivity index (χ0n) is 18.4. The van der Waals surface area contributed by atoms with E-state index in [0.29, 0.717) is 22.6 Å². The molecule has 2 rings (SSSR count). The van der Waals surface area contributed by atoms with E-state index in [1.807, 2.05) is 0 Å². The zero-order chi connectivity index (χ0) is 24.2. The highest BCUT2D eigenvalue weighted by Crippen LogP contribution is 2.28. The number of anilines is 1. The second kappa shape index (κ2) is 13.0. The van der Waals surface area contributed by atoms with Crippen LogP contribution in [0.25, 0.3) is 0 Å². The van der Waals surface area contributed by atoms with Crippen molar-refractivity contribution in [2.45, 2.75) is 26.1 Å². The van der Waals surface area contributed by atoms with E-state index >= 15 is 0 Å². The number of nitrogens with one attached hydrogen (secondary N) is 1. The van der Waals surface area contributed by atoms with Gasteiger partial charge in [0.1, 0.15) is 18.5 Å². The predicted octanol–water partition coefficient (Wildman–Crippen LogP) is 3.60. The third-order valence-corrected chi connectivity index (χ3v) is 4.40. The van der Waals surface area contributed by atoms with Gasteiger partial charge in [-0.3, -0.25) is 10.1 Å². The fraction of sp³-hybridized carbons (Fsp3) is 0.292. The van der Waals surface area contributed by atoms with Crippen LogP contribution >= 0.6 is 0 Å². The fourth-order valence-electron chi connectivity index (χ4n) is 2.93. The molecule has 0 saturated heterocycles. The number of aliphatic hydroxyl groups excluding tert-OH is 1. The van der Waals surface area contributed by atoms with Crippen molar-refractivity contribution in [2.24, 2.45) is 0 Å². The lowest BCUT2D eigenvalue weighted by Gasteiger charge is -2.25. The van der Waals surface area contributed by atoms with Crippen LogP contribution < -0.4 is 10.1 Å². The summed E-state index contributed by atoms with van der Waals surface area (Å²) < 4.78 is 16.7. The summed E-state index contributed by atoms with van der Waals surface area (Å²) in [5.41, 5.74) is 1.42. The van der Waals surface area contributed by atoms with Crippen LogP contribution in [0.2, 0.25) is 0 Å². The Hall–Kier alpha value is -3.69. The van der Waals surface area contributed by atoms with Gasteiger partial charge in [0.15, 0.2) is 11.9 Å². The van der Waals surface area contributed by atoms with Crippen LogP contribution in [-0.2, 0) is 14.3 Å². The minimum absolute atomic E-state index is 0.0829. The quantitative estimate of drug-likeness (QED) is 0.325. The molecule has 33 heavy (non-hydrogen) atoms. The number of carboxylic acid groups (broad SMARTS) is 1. The van der Waals surface area contributed by atoms with Crippen molar-refractivity contribution in [3.05, 3.63) is 71.8 Å². The van der Waals surface area contributed by atoms with E-state index in [0.717, 1.165) is 6.08 Å². The molecule has 1 amide bonds. The number of carbonyl (C=O) groups excluding carboxylic acids is 2. The summed E-state index contributed by atoms with van der Waals surface area (Å²) in [5.74, 6) is -0.835. The molecule has 176 valence electrons. The average molecular weight is 457 g/mol. The summed E-state index contributed by atoms with van der Waals surface area (Å²) in [6, 6.07) is 13.0. The number of hydrogen-bond acceptors (Lipinski definition) is 7. The molecule has 0 spiro atoms. The Morgan fingerprint density at radius 3 is 2.45 bits per heavy atom. The number of benzene rings is 2. The van der Waals surface area contributed by atoms with Crippen LogP contribution in [0, 0.1) is 0 Å². The molecule has 3 N–H and O–H groups in total. The number of amides is 1. The van der Waals surface area contributed by atoms with Crippen LogP contribution in [-0.4, -0.2) is 54.0 Å². The Kier molecular flexibility index (Phi) is 10.1. The first kappa shape index (κ1) is 25.6. The fourth-order valence-corrected chi connectivity index (χ4v) is 2.93. The molecule has 2 atom stereocenters. The molecule has 9 nitrogen and oxygen atoms in total. The maximum atomic E-state index is 12.7. The molecule has 0 aliphatic heterocycles. The highest BCUT2D eigenvalue weighted by atomic mass is 16.6. The molecular weight excluding hydrogens is 430 g/mol. The second-order valence-corrected chi connectivity index (χ2v) is 6.85. The number of hydrogen-bond donors (Lipinski definition) is 3. The maximum absolute atomic E-state index is 12.7. The van der Waals surface area contributed by atoms with Gasteiger partial charge in [-0.15, -0.1) is 0 Å². The SMILES string of the molecule is CCO[C@@H](/C=C/C(=O)O)[C@@H](OC(=O)Nc1ccc(C(C)=O)cc1)c1cccc(OCCO)c1. The van der Waals surface area contributed by atoms with Gasteiger partial charge in [-0.1, -0.05) is 12.1 Å². The van der Waals surface area contributed by atoms with Gasteiger partial charge in [0.25, 0.3) is 0 Å². The van der Waals surface area contributed by atoms with E-state index in [1.165, 1.54) is 13.0 Å². The van der Waals surface area contributed by atoms with Crippen molar-refractivity contribution in [2.75, 3.05) is 25.1 Å². The standard InChI is InChI=1S/C24H27NO8/c1-3-31-21(11-12-22(28)29)23(18-5-4-6-20(15-18)32-14-13-26)33-24(30)25-19-9-7-17(8-10-19)16(2)27/h4-12,15,21,23,26H,3,13-14H2,1-2H3,(H,25,30)(H,28,29)/b12-11+/t21-,23-/m0/s1. The Labute approximate surface area is 191 Å². The van der Waals surface area contributed by atoms with Gasteiger partial charge < -0.3 is 24.4 Å². The first-order valence-corrected chi connectivity index (χ1v) is 10.3. The minimum atomic E-state index is -1.17. The Morgan fingerprint density at radius 2 is 1.85 bits per heavy atom. The van der Waals surface area contributed by atoms with Crippen molar-refractivity contribution in [3.63, 3.8) is 0 Å². The monoisotopic (exact) mass is 457 g/mol. The van der Waals surface area contributed by atoms with Crippen molar-refractivity contribution in [3.8, 4) is 5.75 Å². The van der Waals surface area contributed by atoms with Crippen LogP contribution in [0.3, 0.4) is 0 Å².